The normalized spacial score (nSPS) is 11.5. The van der Waals surface area contributed by atoms with Crippen molar-refractivity contribution in [3.63, 3.8) is 0 Å². The van der Waals surface area contributed by atoms with Gasteiger partial charge in [-0.15, -0.1) is 32.9 Å². The number of rotatable bonds is 5. The summed E-state index contributed by atoms with van der Waals surface area (Å²) in [5.74, 6) is 2.18. The first kappa shape index (κ1) is 17.6. The molecule has 0 unspecified atom stereocenters. The number of aryl methyl sites for hydroxylation is 1. The summed E-state index contributed by atoms with van der Waals surface area (Å²) in [4.78, 5) is 11.6. The monoisotopic (exact) mass is 425 g/mol. The molecule has 5 aromatic heterocycles. The molecule has 0 amide bonds. The third-order valence-electron chi connectivity index (χ3n) is 4.26. The first-order valence-electron chi connectivity index (χ1n) is 8.69. The van der Waals surface area contributed by atoms with Gasteiger partial charge in [0, 0.05) is 22.4 Å². The van der Waals surface area contributed by atoms with E-state index >= 15 is 0 Å². The fraction of sp³-hybridized carbons (Fsp3) is 0.158. The molecule has 0 aromatic carbocycles. The van der Waals surface area contributed by atoms with Gasteiger partial charge in [0.1, 0.15) is 15.7 Å². The maximum atomic E-state index is 5.52. The lowest BCUT2D eigenvalue weighted by molar-refractivity contribution is 0.567. The zero-order valence-corrected chi connectivity index (χ0v) is 17.6. The molecule has 5 aromatic rings. The van der Waals surface area contributed by atoms with Crippen molar-refractivity contribution in [2.75, 3.05) is 0 Å². The van der Waals surface area contributed by atoms with E-state index in [4.69, 9.17) is 9.40 Å². The number of fused-ring (bicyclic) bond motifs is 1. The Labute approximate surface area is 173 Å². The molecule has 5 heterocycles. The highest BCUT2D eigenvalue weighted by Gasteiger charge is 2.20. The molecule has 6 nitrogen and oxygen atoms in total. The van der Waals surface area contributed by atoms with Crippen LogP contribution in [0.5, 0.6) is 0 Å². The number of furan rings is 1. The smallest absolute Gasteiger partial charge is 0.200 e. The maximum Gasteiger partial charge on any atom is 0.200 e. The molecule has 0 aliphatic rings. The van der Waals surface area contributed by atoms with Gasteiger partial charge in [0.25, 0.3) is 0 Å². The Morgan fingerprint density at radius 2 is 2.07 bits per heavy atom. The highest BCUT2D eigenvalue weighted by atomic mass is 32.2. The Hall–Kier alpha value is -2.49. The Kier molecular flexibility index (Phi) is 4.50. The lowest BCUT2D eigenvalue weighted by Crippen LogP contribution is -2.00. The SMILES string of the molecule is CCn1c(Sc2nc(C)nc3scc(-c4cccs4)c23)nnc1-c1ccco1. The lowest BCUT2D eigenvalue weighted by Gasteiger charge is -2.07. The molecule has 0 bridgehead atoms. The second-order valence-electron chi connectivity index (χ2n) is 6.01. The lowest BCUT2D eigenvalue weighted by atomic mass is 10.2. The van der Waals surface area contributed by atoms with Gasteiger partial charge in [-0.1, -0.05) is 6.07 Å². The molecule has 0 aliphatic carbocycles. The van der Waals surface area contributed by atoms with Crippen LogP contribution < -0.4 is 0 Å². The topological polar surface area (TPSA) is 69.6 Å². The predicted octanol–water partition coefficient (Wildman–Crippen LogP) is 5.75. The van der Waals surface area contributed by atoms with Crippen LogP contribution in [0.1, 0.15) is 12.7 Å². The van der Waals surface area contributed by atoms with Gasteiger partial charge in [-0.2, -0.15) is 0 Å². The van der Waals surface area contributed by atoms with Crippen molar-refractivity contribution >= 4 is 44.7 Å². The fourth-order valence-corrected chi connectivity index (χ4v) is 5.96. The predicted molar refractivity (Wildman–Crippen MR) is 113 cm³/mol. The Bertz CT molecular complexity index is 1240. The summed E-state index contributed by atoms with van der Waals surface area (Å²) in [5.41, 5.74) is 1.17. The zero-order chi connectivity index (χ0) is 19.1. The quantitative estimate of drug-likeness (QED) is 0.334. The second-order valence-corrected chi connectivity index (χ2v) is 8.77. The van der Waals surface area contributed by atoms with Gasteiger partial charge in [0.15, 0.2) is 16.7 Å². The molecule has 0 saturated heterocycles. The van der Waals surface area contributed by atoms with Crippen LogP contribution in [0, 0.1) is 6.92 Å². The average Bonchev–Trinajstić information content (AvgIpc) is 3.46. The third kappa shape index (κ3) is 2.95. The highest BCUT2D eigenvalue weighted by Crippen LogP contribution is 2.41. The molecule has 5 rings (SSSR count). The van der Waals surface area contributed by atoms with E-state index in [2.05, 4.69) is 45.0 Å². The number of hydrogen-bond acceptors (Lipinski definition) is 8. The van der Waals surface area contributed by atoms with Crippen molar-refractivity contribution in [3.8, 4) is 22.0 Å². The summed E-state index contributed by atoms with van der Waals surface area (Å²) in [6.07, 6.45) is 1.65. The fourth-order valence-electron chi connectivity index (χ4n) is 3.02. The van der Waals surface area contributed by atoms with Crippen molar-refractivity contribution < 1.29 is 4.42 Å². The Morgan fingerprint density at radius 3 is 2.82 bits per heavy atom. The number of nitrogens with zero attached hydrogens (tertiary/aromatic N) is 5. The van der Waals surface area contributed by atoms with E-state index in [-0.39, 0.29) is 0 Å². The van der Waals surface area contributed by atoms with Crippen LogP contribution in [0.4, 0.5) is 0 Å². The summed E-state index contributed by atoms with van der Waals surface area (Å²) in [6.45, 7) is 4.73. The van der Waals surface area contributed by atoms with Crippen LogP contribution >= 0.6 is 34.4 Å². The molecule has 0 saturated carbocycles. The molecule has 0 aliphatic heterocycles. The van der Waals surface area contributed by atoms with Crippen molar-refractivity contribution in [2.24, 2.45) is 0 Å². The third-order valence-corrected chi connectivity index (χ3v) is 7.01. The van der Waals surface area contributed by atoms with Crippen LogP contribution in [0.2, 0.25) is 0 Å². The first-order valence-corrected chi connectivity index (χ1v) is 11.3. The van der Waals surface area contributed by atoms with Gasteiger partial charge < -0.3 is 4.42 Å². The summed E-state index contributed by atoms with van der Waals surface area (Å²) in [7, 11) is 0. The van der Waals surface area contributed by atoms with Crippen LogP contribution in [-0.4, -0.2) is 24.7 Å². The van der Waals surface area contributed by atoms with E-state index in [1.54, 1.807) is 28.9 Å². The minimum Gasteiger partial charge on any atom is -0.461 e. The van der Waals surface area contributed by atoms with E-state index in [1.165, 1.54) is 22.2 Å². The number of aromatic nitrogens is 5. The van der Waals surface area contributed by atoms with Crippen molar-refractivity contribution in [3.05, 3.63) is 47.1 Å². The van der Waals surface area contributed by atoms with Crippen molar-refractivity contribution in [1.29, 1.82) is 0 Å². The summed E-state index contributed by atoms with van der Waals surface area (Å²) in [6, 6.07) is 7.94. The van der Waals surface area contributed by atoms with E-state index in [0.29, 0.717) is 5.76 Å². The molecular formula is C19H15N5OS3. The van der Waals surface area contributed by atoms with Crippen molar-refractivity contribution in [2.45, 2.75) is 30.6 Å². The van der Waals surface area contributed by atoms with Crippen LogP contribution in [0.3, 0.4) is 0 Å². The molecule has 0 atom stereocenters. The standard InChI is InChI=1S/C19H15N5OS3/c1-3-24-16(13-6-4-8-25-13)22-23-19(24)28-18-15-12(14-7-5-9-26-14)10-27-17(15)20-11(2)21-18/h4-10H,3H2,1-2H3. The van der Waals surface area contributed by atoms with Gasteiger partial charge in [-0.25, -0.2) is 9.97 Å². The Morgan fingerprint density at radius 1 is 1.14 bits per heavy atom. The van der Waals surface area contributed by atoms with Crippen LogP contribution in [0.15, 0.2) is 55.9 Å². The molecule has 0 radical (unpaired) electrons. The van der Waals surface area contributed by atoms with Crippen molar-refractivity contribution in [1.82, 2.24) is 24.7 Å². The second kappa shape index (κ2) is 7.16. The molecule has 140 valence electrons. The van der Waals surface area contributed by atoms with E-state index in [9.17, 15) is 0 Å². The molecule has 0 fully saturated rings. The highest BCUT2D eigenvalue weighted by molar-refractivity contribution is 7.99. The van der Waals surface area contributed by atoms with Gasteiger partial charge in [-0.3, -0.25) is 4.57 Å². The number of hydrogen-bond donors (Lipinski definition) is 0. The van der Waals surface area contributed by atoms with Gasteiger partial charge >= 0.3 is 0 Å². The first-order chi connectivity index (χ1) is 13.7. The molecule has 0 spiro atoms. The van der Waals surface area contributed by atoms with E-state index in [1.807, 2.05) is 23.6 Å². The van der Waals surface area contributed by atoms with Crippen LogP contribution in [-0.2, 0) is 6.54 Å². The van der Waals surface area contributed by atoms with Gasteiger partial charge in [0.2, 0.25) is 0 Å². The van der Waals surface area contributed by atoms with Gasteiger partial charge in [0.05, 0.1) is 11.6 Å². The molecule has 9 heteroatoms. The minimum absolute atomic E-state index is 0.708. The summed E-state index contributed by atoms with van der Waals surface area (Å²) >= 11 is 4.89. The average molecular weight is 426 g/mol. The largest absolute Gasteiger partial charge is 0.461 e. The maximum absolute atomic E-state index is 5.52. The number of thiophene rings is 2. The molecular weight excluding hydrogens is 410 g/mol. The van der Waals surface area contributed by atoms with Crippen LogP contribution in [0.25, 0.3) is 32.2 Å². The molecule has 0 N–H and O–H groups in total. The van der Waals surface area contributed by atoms with E-state index in [0.717, 1.165) is 38.6 Å². The Balaban J connectivity index is 1.64. The van der Waals surface area contributed by atoms with Gasteiger partial charge in [-0.05, 0) is 49.2 Å². The zero-order valence-electron chi connectivity index (χ0n) is 15.1. The minimum atomic E-state index is 0.708. The summed E-state index contributed by atoms with van der Waals surface area (Å²) in [5, 5.41) is 15.8. The molecule has 28 heavy (non-hydrogen) atoms. The van der Waals surface area contributed by atoms with E-state index < -0.39 is 0 Å². The summed E-state index contributed by atoms with van der Waals surface area (Å²) < 4.78 is 7.56.